The Kier molecular flexibility index (Phi) is 8.02. The summed E-state index contributed by atoms with van der Waals surface area (Å²) in [6, 6.07) is 0.529. The molecule has 3 heteroatoms. The zero-order valence-electron chi connectivity index (χ0n) is 10.7. The fourth-order valence-corrected chi connectivity index (χ4v) is 1.97. The van der Waals surface area contributed by atoms with Crippen LogP contribution in [-0.2, 0) is 4.74 Å². The van der Waals surface area contributed by atoms with Gasteiger partial charge >= 0.3 is 0 Å². The van der Waals surface area contributed by atoms with Crippen molar-refractivity contribution in [2.75, 3.05) is 20.3 Å². The minimum Gasteiger partial charge on any atom is -0.396 e. The third-order valence-electron chi connectivity index (χ3n) is 2.81. The number of hydrogen-bond acceptors (Lipinski definition) is 3. The second kappa shape index (κ2) is 8.08. The van der Waals surface area contributed by atoms with Crippen LogP contribution in [0.1, 0.15) is 46.5 Å². The van der Waals surface area contributed by atoms with E-state index in [0.29, 0.717) is 12.6 Å². The molecule has 2 N–H and O–H groups in total. The van der Waals surface area contributed by atoms with Crippen LogP contribution in [0.4, 0.5) is 0 Å². The molecule has 0 amide bonds. The number of hydrogen-bond donors (Lipinski definition) is 2. The molecule has 0 aromatic carbocycles. The molecule has 0 aliphatic heterocycles. The first-order chi connectivity index (χ1) is 7.11. The Bertz CT molecular complexity index is 145. The number of nitrogens with one attached hydrogen (secondary N) is 1. The van der Waals surface area contributed by atoms with Crippen molar-refractivity contribution in [1.29, 1.82) is 0 Å². The van der Waals surface area contributed by atoms with Gasteiger partial charge in [-0.1, -0.05) is 20.3 Å². The van der Waals surface area contributed by atoms with E-state index in [1.54, 1.807) is 7.11 Å². The molecule has 0 rings (SSSR count). The summed E-state index contributed by atoms with van der Waals surface area (Å²) < 4.78 is 5.21. The number of aliphatic hydroxyl groups is 1. The lowest BCUT2D eigenvalue weighted by atomic mass is 9.96. The first kappa shape index (κ1) is 14.9. The van der Waals surface area contributed by atoms with Gasteiger partial charge in [-0.15, -0.1) is 0 Å². The van der Waals surface area contributed by atoms with Crippen molar-refractivity contribution < 1.29 is 9.84 Å². The van der Waals surface area contributed by atoms with Crippen LogP contribution in [0.25, 0.3) is 0 Å². The van der Waals surface area contributed by atoms with Crippen molar-refractivity contribution in [1.82, 2.24) is 5.32 Å². The van der Waals surface area contributed by atoms with E-state index in [9.17, 15) is 0 Å². The molecule has 0 aliphatic carbocycles. The van der Waals surface area contributed by atoms with Crippen molar-refractivity contribution in [3.05, 3.63) is 0 Å². The van der Waals surface area contributed by atoms with Crippen molar-refractivity contribution in [2.24, 2.45) is 0 Å². The normalized spacial score (nSPS) is 17.4. The fourth-order valence-electron chi connectivity index (χ4n) is 1.97. The van der Waals surface area contributed by atoms with Gasteiger partial charge in [0.15, 0.2) is 0 Å². The summed E-state index contributed by atoms with van der Waals surface area (Å²) in [7, 11) is 1.71. The monoisotopic (exact) mass is 217 g/mol. The van der Waals surface area contributed by atoms with E-state index in [-0.39, 0.29) is 12.1 Å². The van der Waals surface area contributed by atoms with E-state index < -0.39 is 0 Å². The van der Waals surface area contributed by atoms with E-state index in [1.165, 1.54) is 12.8 Å². The van der Waals surface area contributed by atoms with E-state index >= 15 is 0 Å². The van der Waals surface area contributed by atoms with Crippen LogP contribution < -0.4 is 5.32 Å². The summed E-state index contributed by atoms with van der Waals surface area (Å²) in [6.45, 7) is 7.36. The van der Waals surface area contributed by atoms with Gasteiger partial charge in [-0.2, -0.15) is 0 Å². The molecule has 0 heterocycles. The highest BCUT2D eigenvalue weighted by Crippen LogP contribution is 2.14. The Hall–Kier alpha value is -0.120. The lowest BCUT2D eigenvalue weighted by Crippen LogP contribution is -2.51. The Morgan fingerprint density at radius 2 is 2.07 bits per heavy atom. The number of rotatable bonds is 9. The van der Waals surface area contributed by atoms with Gasteiger partial charge < -0.3 is 15.2 Å². The highest BCUT2D eigenvalue weighted by atomic mass is 16.5. The molecule has 92 valence electrons. The van der Waals surface area contributed by atoms with Gasteiger partial charge in [0, 0.05) is 25.3 Å². The second-order valence-corrected chi connectivity index (χ2v) is 4.51. The van der Waals surface area contributed by atoms with Crippen LogP contribution in [0, 0.1) is 0 Å². The molecule has 2 atom stereocenters. The number of methoxy groups -OCH3 is 1. The summed E-state index contributed by atoms with van der Waals surface area (Å²) in [6.07, 6.45) is 4.23. The lowest BCUT2D eigenvalue weighted by Gasteiger charge is -2.34. The summed E-state index contributed by atoms with van der Waals surface area (Å²) in [5, 5.41) is 12.6. The van der Waals surface area contributed by atoms with E-state index in [0.717, 1.165) is 12.8 Å². The van der Waals surface area contributed by atoms with Crippen LogP contribution in [0.15, 0.2) is 0 Å². The van der Waals surface area contributed by atoms with E-state index in [2.05, 4.69) is 26.1 Å². The molecule has 2 unspecified atom stereocenters. The van der Waals surface area contributed by atoms with Crippen molar-refractivity contribution in [3.8, 4) is 0 Å². The lowest BCUT2D eigenvalue weighted by molar-refractivity contribution is 0.0882. The average molecular weight is 217 g/mol. The number of ether oxygens (including phenoxy) is 1. The maximum atomic E-state index is 9.05. The largest absolute Gasteiger partial charge is 0.396 e. The van der Waals surface area contributed by atoms with Gasteiger partial charge in [0.1, 0.15) is 0 Å². The van der Waals surface area contributed by atoms with Crippen molar-refractivity contribution in [2.45, 2.75) is 58.0 Å². The standard InChI is InChI=1S/C12H27NO2/c1-5-7-11(6-2)13-12(3,8-9-14)10-15-4/h11,13-14H,5-10H2,1-4H3. The molecular weight excluding hydrogens is 190 g/mol. The maximum Gasteiger partial charge on any atom is 0.0642 e. The zero-order valence-corrected chi connectivity index (χ0v) is 10.7. The Balaban J connectivity index is 4.22. The molecule has 0 aromatic rings. The minimum atomic E-state index is -0.0979. The quantitative estimate of drug-likeness (QED) is 0.620. The fraction of sp³-hybridized carbons (Fsp3) is 1.00. The van der Waals surface area contributed by atoms with E-state index in [4.69, 9.17) is 9.84 Å². The van der Waals surface area contributed by atoms with Gasteiger partial charge in [0.05, 0.1) is 6.61 Å². The van der Waals surface area contributed by atoms with Crippen LogP contribution >= 0.6 is 0 Å². The third kappa shape index (κ3) is 6.13. The van der Waals surface area contributed by atoms with Crippen LogP contribution in [0.2, 0.25) is 0 Å². The molecule has 0 aromatic heterocycles. The van der Waals surface area contributed by atoms with Crippen molar-refractivity contribution in [3.63, 3.8) is 0 Å². The average Bonchev–Trinajstić information content (AvgIpc) is 2.17. The SMILES string of the molecule is CCCC(CC)NC(C)(CCO)COC. The second-order valence-electron chi connectivity index (χ2n) is 4.51. The van der Waals surface area contributed by atoms with E-state index in [1.807, 2.05) is 0 Å². The minimum absolute atomic E-state index is 0.0979. The topological polar surface area (TPSA) is 41.5 Å². The van der Waals surface area contributed by atoms with Crippen LogP contribution in [0.5, 0.6) is 0 Å². The Labute approximate surface area is 94.2 Å². The first-order valence-electron chi connectivity index (χ1n) is 5.99. The smallest absolute Gasteiger partial charge is 0.0642 e. The molecule has 0 radical (unpaired) electrons. The molecule has 0 spiro atoms. The maximum absolute atomic E-state index is 9.05. The molecule has 3 nitrogen and oxygen atoms in total. The summed E-state index contributed by atoms with van der Waals surface area (Å²) in [4.78, 5) is 0. The molecule has 0 fully saturated rings. The van der Waals surface area contributed by atoms with Crippen LogP contribution in [-0.4, -0.2) is 37.0 Å². The Morgan fingerprint density at radius 1 is 1.40 bits per heavy atom. The highest BCUT2D eigenvalue weighted by Gasteiger charge is 2.25. The summed E-state index contributed by atoms with van der Waals surface area (Å²) in [5.74, 6) is 0. The molecule has 0 bridgehead atoms. The van der Waals surface area contributed by atoms with Crippen molar-refractivity contribution >= 4 is 0 Å². The first-order valence-corrected chi connectivity index (χ1v) is 5.99. The molecule has 15 heavy (non-hydrogen) atoms. The predicted octanol–water partition coefficient (Wildman–Crippen LogP) is 1.94. The van der Waals surface area contributed by atoms with Gasteiger partial charge in [0.2, 0.25) is 0 Å². The Morgan fingerprint density at radius 3 is 2.47 bits per heavy atom. The van der Waals surface area contributed by atoms with Gasteiger partial charge in [-0.25, -0.2) is 0 Å². The zero-order chi connectivity index (χ0) is 11.7. The highest BCUT2D eigenvalue weighted by molar-refractivity contribution is 4.86. The summed E-state index contributed by atoms with van der Waals surface area (Å²) >= 11 is 0. The number of aliphatic hydroxyl groups excluding tert-OH is 1. The molecule has 0 aliphatic rings. The van der Waals surface area contributed by atoms with Gasteiger partial charge in [-0.3, -0.25) is 0 Å². The molecule has 0 saturated carbocycles. The van der Waals surface area contributed by atoms with Gasteiger partial charge in [-0.05, 0) is 26.2 Å². The third-order valence-corrected chi connectivity index (χ3v) is 2.81. The van der Waals surface area contributed by atoms with Crippen LogP contribution in [0.3, 0.4) is 0 Å². The summed E-state index contributed by atoms with van der Waals surface area (Å²) in [5.41, 5.74) is -0.0979. The predicted molar refractivity (Wildman–Crippen MR) is 64.1 cm³/mol. The molecular formula is C12H27NO2. The van der Waals surface area contributed by atoms with Gasteiger partial charge in [0.25, 0.3) is 0 Å². The molecule has 0 saturated heterocycles.